The number of carbonyl (C=O) groups is 2. The fourth-order valence-electron chi connectivity index (χ4n) is 2.83. The van der Waals surface area contributed by atoms with Gasteiger partial charge in [0, 0.05) is 12.1 Å². The van der Waals surface area contributed by atoms with Gasteiger partial charge in [0.2, 0.25) is 5.91 Å². The summed E-state index contributed by atoms with van der Waals surface area (Å²) in [7, 11) is 0. The molecule has 0 spiro atoms. The van der Waals surface area contributed by atoms with Gasteiger partial charge < -0.3 is 15.2 Å². The van der Waals surface area contributed by atoms with Crippen LogP contribution in [0.25, 0.3) is 0 Å². The number of aromatic nitrogens is 3. The van der Waals surface area contributed by atoms with E-state index in [0.29, 0.717) is 23.1 Å². The average molecular weight is 510 g/mol. The molecule has 1 aromatic heterocycles. The Morgan fingerprint density at radius 3 is 2.56 bits per heavy atom. The minimum Gasteiger partial charge on any atom is -0.345 e. The SMILES string of the molecule is C=CCn1c(CNC(=O)c2ccccc2)nnc1SCC(=O)Nc1cc(C(F)(F)F)ccc1Cl. The van der Waals surface area contributed by atoms with Gasteiger partial charge in [-0.2, -0.15) is 13.2 Å². The highest BCUT2D eigenvalue weighted by molar-refractivity contribution is 7.99. The second kappa shape index (κ2) is 11.2. The van der Waals surface area contributed by atoms with E-state index in [2.05, 4.69) is 27.4 Å². The van der Waals surface area contributed by atoms with Crippen LogP contribution in [0.4, 0.5) is 18.9 Å². The Labute approximate surface area is 202 Å². The molecule has 3 rings (SSSR count). The third-order valence-corrected chi connectivity index (χ3v) is 5.74. The number of hydrogen-bond acceptors (Lipinski definition) is 5. The summed E-state index contributed by atoms with van der Waals surface area (Å²) >= 11 is 6.95. The smallest absolute Gasteiger partial charge is 0.345 e. The van der Waals surface area contributed by atoms with Gasteiger partial charge >= 0.3 is 6.18 Å². The van der Waals surface area contributed by atoms with Crippen LogP contribution < -0.4 is 10.6 Å². The molecule has 3 aromatic rings. The molecular weight excluding hydrogens is 491 g/mol. The van der Waals surface area contributed by atoms with E-state index in [0.717, 1.165) is 30.0 Å². The second-order valence-electron chi connectivity index (χ2n) is 6.88. The Bertz CT molecular complexity index is 1190. The summed E-state index contributed by atoms with van der Waals surface area (Å²) in [6.07, 6.45) is -2.95. The van der Waals surface area contributed by atoms with Crippen molar-refractivity contribution in [2.24, 2.45) is 0 Å². The number of benzene rings is 2. The van der Waals surface area contributed by atoms with E-state index in [1.165, 1.54) is 0 Å². The predicted octanol–water partition coefficient (Wildman–Crippen LogP) is 4.80. The quantitative estimate of drug-likeness (QED) is 0.319. The first-order valence-electron chi connectivity index (χ1n) is 9.84. The lowest BCUT2D eigenvalue weighted by molar-refractivity contribution is -0.137. The number of rotatable bonds is 9. The van der Waals surface area contributed by atoms with Gasteiger partial charge in [0.05, 0.1) is 28.6 Å². The number of allylic oxidation sites excluding steroid dienone is 1. The molecule has 0 saturated carbocycles. The minimum absolute atomic E-state index is 0.0161. The third kappa shape index (κ3) is 6.61. The van der Waals surface area contributed by atoms with Crippen molar-refractivity contribution in [3.63, 3.8) is 0 Å². The summed E-state index contributed by atoms with van der Waals surface area (Å²) in [5.41, 5.74) is -0.566. The first kappa shape index (κ1) is 25.3. The van der Waals surface area contributed by atoms with Gasteiger partial charge in [-0.3, -0.25) is 9.59 Å². The molecule has 0 radical (unpaired) electrons. The van der Waals surface area contributed by atoms with E-state index in [4.69, 9.17) is 11.6 Å². The number of nitrogens with zero attached hydrogens (tertiary/aromatic N) is 3. The maximum Gasteiger partial charge on any atom is 0.416 e. The topological polar surface area (TPSA) is 88.9 Å². The zero-order chi connectivity index (χ0) is 24.7. The average Bonchev–Trinajstić information content (AvgIpc) is 3.19. The van der Waals surface area contributed by atoms with E-state index in [1.807, 2.05) is 0 Å². The number of alkyl halides is 3. The van der Waals surface area contributed by atoms with Crippen LogP contribution in [0.5, 0.6) is 0 Å². The van der Waals surface area contributed by atoms with Crippen molar-refractivity contribution >= 4 is 40.9 Å². The van der Waals surface area contributed by atoms with Crippen molar-refractivity contribution in [2.75, 3.05) is 11.1 Å². The fraction of sp³-hybridized carbons (Fsp3) is 0.182. The molecule has 34 heavy (non-hydrogen) atoms. The zero-order valence-electron chi connectivity index (χ0n) is 17.6. The first-order chi connectivity index (χ1) is 16.2. The van der Waals surface area contributed by atoms with Gasteiger partial charge in [-0.15, -0.1) is 16.8 Å². The van der Waals surface area contributed by atoms with Gasteiger partial charge in [0.1, 0.15) is 0 Å². The monoisotopic (exact) mass is 509 g/mol. The molecule has 0 unspecified atom stereocenters. The van der Waals surface area contributed by atoms with Crippen LogP contribution in [0.15, 0.2) is 66.3 Å². The van der Waals surface area contributed by atoms with Crippen LogP contribution in [0.1, 0.15) is 21.7 Å². The maximum absolute atomic E-state index is 12.9. The normalized spacial score (nSPS) is 11.2. The highest BCUT2D eigenvalue weighted by atomic mass is 35.5. The molecule has 0 bridgehead atoms. The van der Waals surface area contributed by atoms with Crippen molar-refractivity contribution in [1.29, 1.82) is 0 Å². The summed E-state index contributed by atoms with van der Waals surface area (Å²) < 4.78 is 40.4. The summed E-state index contributed by atoms with van der Waals surface area (Å²) in [6, 6.07) is 11.4. The van der Waals surface area contributed by atoms with Gasteiger partial charge in [0.25, 0.3) is 5.91 Å². The molecule has 2 aromatic carbocycles. The van der Waals surface area contributed by atoms with Crippen LogP contribution in [0.3, 0.4) is 0 Å². The second-order valence-corrected chi connectivity index (χ2v) is 8.23. The lowest BCUT2D eigenvalue weighted by atomic mass is 10.2. The number of hydrogen-bond donors (Lipinski definition) is 2. The van der Waals surface area contributed by atoms with E-state index >= 15 is 0 Å². The molecule has 12 heteroatoms. The molecule has 7 nitrogen and oxygen atoms in total. The van der Waals surface area contributed by atoms with Crippen molar-refractivity contribution in [1.82, 2.24) is 20.1 Å². The Hall–Kier alpha value is -3.31. The molecule has 0 aliphatic carbocycles. The molecule has 0 saturated heterocycles. The van der Waals surface area contributed by atoms with E-state index in [-0.39, 0.29) is 28.9 Å². The lowest BCUT2D eigenvalue weighted by Gasteiger charge is -2.12. The van der Waals surface area contributed by atoms with Crippen LogP contribution in [-0.2, 0) is 24.1 Å². The largest absolute Gasteiger partial charge is 0.416 e. The number of amides is 2. The number of nitrogens with one attached hydrogen (secondary N) is 2. The molecule has 0 aliphatic rings. The van der Waals surface area contributed by atoms with Gasteiger partial charge in [0.15, 0.2) is 11.0 Å². The number of anilines is 1. The first-order valence-corrected chi connectivity index (χ1v) is 11.2. The maximum atomic E-state index is 12.9. The molecule has 0 atom stereocenters. The molecule has 2 amide bonds. The zero-order valence-corrected chi connectivity index (χ0v) is 19.2. The van der Waals surface area contributed by atoms with E-state index in [1.54, 1.807) is 41.0 Å². The highest BCUT2D eigenvalue weighted by Crippen LogP contribution is 2.34. The Morgan fingerprint density at radius 1 is 1.15 bits per heavy atom. The summed E-state index contributed by atoms with van der Waals surface area (Å²) in [5.74, 6) is -0.551. The Morgan fingerprint density at radius 2 is 1.88 bits per heavy atom. The Kier molecular flexibility index (Phi) is 8.35. The molecule has 1 heterocycles. The standard InChI is InChI=1S/C22H19ClF3N5O2S/c1-2-10-31-18(12-27-20(33)14-6-4-3-5-7-14)29-30-21(31)34-13-19(32)28-17-11-15(22(24,25)26)8-9-16(17)23/h2-9,11H,1,10,12-13H2,(H,27,33)(H,28,32). The van der Waals surface area contributed by atoms with Crippen LogP contribution >= 0.6 is 23.4 Å². The molecule has 0 fully saturated rings. The third-order valence-electron chi connectivity index (χ3n) is 4.45. The van der Waals surface area contributed by atoms with E-state index in [9.17, 15) is 22.8 Å². The lowest BCUT2D eigenvalue weighted by Crippen LogP contribution is -2.24. The van der Waals surface area contributed by atoms with Crippen LogP contribution in [0.2, 0.25) is 5.02 Å². The molecule has 178 valence electrons. The van der Waals surface area contributed by atoms with Crippen molar-refractivity contribution < 1.29 is 22.8 Å². The fourth-order valence-corrected chi connectivity index (χ4v) is 3.77. The minimum atomic E-state index is -4.56. The number of thioether (sulfide) groups is 1. The molecular formula is C22H19ClF3N5O2S. The van der Waals surface area contributed by atoms with Crippen molar-refractivity contribution in [3.05, 3.63) is 83.2 Å². The molecule has 2 N–H and O–H groups in total. The van der Waals surface area contributed by atoms with Gasteiger partial charge in [-0.1, -0.05) is 47.6 Å². The van der Waals surface area contributed by atoms with Gasteiger partial charge in [-0.05, 0) is 30.3 Å². The van der Waals surface area contributed by atoms with Crippen molar-refractivity contribution in [2.45, 2.75) is 24.4 Å². The molecule has 0 aliphatic heterocycles. The van der Waals surface area contributed by atoms with Gasteiger partial charge in [-0.25, -0.2) is 0 Å². The summed E-state index contributed by atoms with van der Waals surface area (Å²) in [5, 5.41) is 13.6. The summed E-state index contributed by atoms with van der Waals surface area (Å²) in [6.45, 7) is 4.12. The number of carbonyl (C=O) groups excluding carboxylic acids is 2. The van der Waals surface area contributed by atoms with Crippen LogP contribution in [-0.4, -0.2) is 32.3 Å². The predicted molar refractivity (Wildman–Crippen MR) is 124 cm³/mol. The number of halogens is 4. The summed E-state index contributed by atoms with van der Waals surface area (Å²) in [4.78, 5) is 24.6. The van der Waals surface area contributed by atoms with E-state index < -0.39 is 17.6 Å². The Balaban J connectivity index is 1.63. The van der Waals surface area contributed by atoms with Crippen LogP contribution in [0, 0.1) is 0 Å². The highest BCUT2D eigenvalue weighted by Gasteiger charge is 2.31. The van der Waals surface area contributed by atoms with Crippen molar-refractivity contribution in [3.8, 4) is 0 Å².